The molecule has 0 N–H and O–H groups in total. The molecule has 0 amide bonds. The molecule has 4 heterocycles. The van der Waals surface area contributed by atoms with Crippen molar-refractivity contribution in [2.24, 2.45) is 0 Å². The first-order chi connectivity index (χ1) is 18.6. The standard InChI is InChI=1S/C26H12F2N8O2/c27-15-6-2-8-17-21(15)29-11-19(31-17)25-35-33-23(37-25)13-4-1-5-14(10-13)24-34-36-26(38-24)20-12-30-22-16(28)7-3-9-18(22)32-20/h1-12H. The van der Waals surface area contributed by atoms with E-state index in [1.165, 1.54) is 24.5 Å². The van der Waals surface area contributed by atoms with Crippen LogP contribution in [0.25, 0.3) is 68.1 Å². The molecule has 4 aromatic heterocycles. The van der Waals surface area contributed by atoms with Gasteiger partial charge >= 0.3 is 0 Å². The normalized spacial score (nSPS) is 11.4. The van der Waals surface area contributed by atoms with Gasteiger partial charge in [-0.3, -0.25) is 0 Å². The molecule has 0 saturated heterocycles. The van der Waals surface area contributed by atoms with Crippen LogP contribution in [-0.2, 0) is 0 Å². The summed E-state index contributed by atoms with van der Waals surface area (Å²) in [4.78, 5) is 17.0. The summed E-state index contributed by atoms with van der Waals surface area (Å²) in [5.41, 5.74) is 2.89. The first-order valence-corrected chi connectivity index (χ1v) is 11.2. The fourth-order valence-corrected chi connectivity index (χ4v) is 3.89. The molecule has 10 nitrogen and oxygen atoms in total. The van der Waals surface area contributed by atoms with Crippen LogP contribution >= 0.6 is 0 Å². The second-order valence-corrected chi connectivity index (χ2v) is 8.13. The predicted molar refractivity (Wildman–Crippen MR) is 130 cm³/mol. The van der Waals surface area contributed by atoms with Crippen LogP contribution < -0.4 is 0 Å². The summed E-state index contributed by atoms with van der Waals surface area (Å²) < 4.78 is 39.4. The van der Waals surface area contributed by atoms with Gasteiger partial charge in [-0.25, -0.2) is 28.7 Å². The molecule has 0 bridgehead atoms. The van der Waals surface area contributed by atoms with E-state index in [0.717, 1.165) is 0 Å². The third kappa shape index (κ3) is 3.71. The Morgan fingerprint density at radius 1 is 0.526 bits per heavy atom. The highest BCUT2D eigenvalue weighted by Crippen LogP contribution is 2.29. The van der Waals surface area contributed by atoms with Gasteiger partial charge in [-0.05, 0) is 42.5 Å². The van der Waals surface area contributed by atoms with Crippen molar-refractivity contribution in [2.45, 2.75) is 0 Å². The van der Waals surface area contributed by atoms with Gasteiger partial charge in [0.05, 0.1) is 23.4 Å². The zero-order valence-electron chi connectivity index (χ0n) is 19.1. The summed E-state index contributed by atoms with van der Waals surface area (Å²) >= 11 is 0. The highest BCUT2D eigenvalue weighted by atomic mass is 19.1. The van der Waals surface area contributed by atoms with Crippen molar-refractivity contribution in [1.82, 2.24) is 40.3 Å². The maximum absolute atomic E-state index is 13.9. The lowest BCUT2D eigenvalue weighted by atomic mass is 10.1. The first-order valence-electron chi connectivity index (χ1n) is 11.2. The maximum atomic E-state index is 13.9. The van der Waals surface area contributed by atoms with Crippen LogP contribution in [-0.4, -0.2) is 40.3 Å². The van der Waals surface area contributed by atoms with Crippen LogP contribution in [0.5, 0.6) is 0 Å². The summed E-state index contributed by atoms with van der Waals surface area (Å²) in [5.74, 6) is -0.202. The number of rotatable bonds is 4. The van der Waals surface area contributed by atoms with Gasteiger partial charge in [0.25, 0.3) is 11.8 Å². The van der Waals surface area contributed by atoms with Crippen molar-refractivity contribution >= 4 is 22.1 Å². The minimum absolute atomic E-state index is 0.135. The summed E-state index contributed by atoms with van der Waals surface area (Å²) in [7, 11) is 0. The van der Waals surface area contributed by atoms with E-state index in [1.807, 2.05) is 0 Å². The van der Waals surface area contributed by atoms with Crippen LogP contribution in [0.2, 0.25) is 0 Å². The quantitative estimate of drug-likeness (QED) is 0.311. The van der Waals surface area contributed by atoms with E-state index >= 15 is 0 Å². The molecule has 7 aromatic rings. The number of benzene rings is 3. The van der Waals surface area contributed by atoms with Crippen LogP contribution in [0.3, 0.4) is 0 Å². The molecule has 38 heavy (non-hydrogen) atoms. The second-order valence-electron chi connectivity index (χ2n) is 8.13. The molecule has 0 aliphatic carbocycles. The van der Waals surface area contributed by atoms with E-state index in [0.29, 0.717) is 33.5 Å². The molecule has 12 heteroatoms. The van der Waals surface area contributed by atoms with Crippen molar-refractivity contribution in [3.05, 3.63) is 84.7 Å². The van der Waals surface area contributed by atoms with Crippen molar-refractivity contribution in [1.29, 1.82) is 0 Å². The first kappa shape index (κ1) is 21.7. The summed E-state index contributed by atoms with van der Waals surface area (Å²) in [5, 5.41) is 16.3. The Morgan fingerprint density at radius 2 is 0.974 bits per heavy atom. The van der Waals surface area contributed by atoms with E-state index in [-0.39, 0.29) is 34.6 Å². The Labute approximate surface area is 211 Å². The average Bonchev–Trinajstić information content (AvgIpc) is 3.64. The molecule has 0 unspecified atom stereocenters. The van der Waals surface area contributed by atoms with Gasteiger partial charge in [-0.15, -0.1) is 20.4 Å². The average molecular weight is 506 g/mol. The largest absolute Gasteiger partial charge is 0.415 e. The van der Waals surface area contributed by atoms with E-state index in [1.54, 1.807) is 48.5 Å². The minimum atomic E-state index is -0.463. The molecule has 0 saturated carbocycles. The fraction of sp³-hybridized carbons (Fsp3) is 0. The molecule has 0 aliphatic rings. The van der Waals surface area contributed by atoms with E-state index in [4.69, 9.17) is 8.83 Å². The number of nitrogens with zero attached hydrogens (tertiary/aromatic N) is 8. The second kappa shape index (κ2) is 8.55. The minimum Gasteiger partial charge on any atom is -0.415 e. The SMILES string of the molecule is Fc1cccc2nc(-c3nnc(-c4cccc(-c5nnc(-c6cnc7c(F)cccc7n6)o5)c4)o3)cnc12. The number of fused-ring (bicyclic) bond motifs is 2. The van der Waals surface area contributed by atoms with Crippen molar-refractivity contribution in [3.8, 4) is 46.1 Å². The third-order valence-electron chi connectivity index (χ3n) is 5.69. The monoisotopic (exact) mass is 506 g/mol. The molecule has 7 rings (SSSR count). The summed E-state index contributed by atoms with van der Waals surface area (Å²) in [6.07, 6.45) is 2.76. The molecule has 3 aromatic carbocycles. The number of para-hydroxylation sites is 2. The Kier molecular flexibility index (Phi) is 4.89. The van der Waals surface area contributed by atoms with Gasteiger partial charge in [0.15, 0.2) is 11.6 Å². The smallest absolute Gasteiger partial charge is 0.268 e. The summed E-state index contributed by atoms with van der Waals surface area (Å²) in [6.45, 7) is 0. The fourth-order valence-electron chi connectivity index (χ4n) is 3.89. The number of hydrogen-bond donors (Lipinski definition) is 0. The molecule has 0 aliphatic heterocycles. The molecular formula is C26H12F2N8O2. The Balaban J connectivity index is 1.19. The molecule has 182 valence electrons. The molecule has 0 atom stereocenters. The molecule has 0 spiro atoms. The van der Waals surface area contributed by atoms with Crippen LogP contribution in [0.4, 0.5) is 8.78 Å². The highest BCUT2D eigenvalue weighted by Gasteiger charge is 2.17. The Bertz CT molecular complexity index is 1850. The van der Waals surface area contributed by atoms with Gasteiger partial charge in [-0.2, -0.15) is 0 Å². The molecular weight excluding hydrogens is 494 g/mol. The zero-order valence-corrected chi connectivity index (χ0v) is 19.1. The Hall–Kier alpha value is -5.52. The van der Waals surface area contributed by atoms with Gasteiger partial charge in [0, 0.05) is 11.1 Å². The van der Waals surface area contributed by atoms with Gasteiger partial charge in [0.1, 0.15) is 22.4 Å². The van der Waals surface area contributed by atoms with Gasteiger partial charge in [-0.1, -0.05) is 18.2 Å². The number of hydrogen-bond acceptors (Lipinski definition) is 10. The van der Waals surface area contributed by atoms with Crippen LogP contribution in [0.15, 0.2) is 81.9 Å². The number of halogens is 2. The van der Waals surface area contributed by atoms with Crippen LogP contribution in [0, 0.1) is 11.6 Å². The van der Waals surface area contributed by atoms with Crippen LogP contribution in [0.1, 0.15) is 0 Å². The Morgan fingerprint density at radius 3 is 1.47 bits per heavy atom. The third-order valence-corrected chi connectivity index (χ3v) is 5.69. The van der Waals surface area contributed by atoms with Crippen molar-refractivity contribution in [2.75, 3.05) is 0 Å². The van der Waals surface area contributed by atoms with E-state index in [9.17, 15) is 8.78 Å². The lowest BCUT2D eigenvalue weighted by Gasteiger charge is -2.00. The highest BCUT2D eigenvalue weighted by molar-refractivity contribution is 5.77. The van der Waals surface area contributed by atoms with Crippen molar-refractivity contribution < 1.29 is 17.6 Å². The van der Waals surface area contributed by atoms with E-state index < -0.39 is 11.6 Å². The zero-order chi connectivity index (χ0) is 25.6. The van der Waals surface area contributed by atoms with Gasteiger partial charge < -0.3 is 8.83 Å². The lowest BCUT2D eigenvalue weighted by molar-refractivity contribution is 0.580. The lowest BCUT2D eigenvalue weighted by Crippen LogP contribution is -1.91. The number of aromatic nitrogens is 8. The molecule has 0 fully saturated rings. The van der Waals surface area contributed by atoms with Crippen molar-refractivity contribution in [3.63, 3.8) is 0 Å². The topological polar surface area (TPSA) is 129 Å². The van der Waals surface area contributed by atoms with E-state index in [2.05, 4.69) is 40.3 Å². The summed E-state index contributed by atoms with van der Waals surface area (Å²) in [6, 6.07) is 16.1. The maximum Gasteiger partial charge on any atom is 0.268 e. The van der Waals surface area contributed by atoms with Gasteiger partial charge in [0.2, 0.25) is 11.8 Å². The molecule has 0 radical (unpaired) electrons. The predicted octanol–water partition coefficient (Wildman–Crippen LogP) is 5.29.